The number of aryl methyl sites for hydroxylation is 1. The van der Waals surface area contributed by atoms with E-state index < -0.39 is 11.8 Å². The molecule has 1 aromatic heterocycles. The van der Waals surface area contributed by atoms with E-state index in [4.69, 9.17) is 4.74 Å². The highest BCUT2D eigenvalue weighted by molar-refractivity contribution is 6.39. The van der Waals surface area contributed by atoms with Crippen LogP contribution in [0.1, 0.15) is 5.56 Å². The molecule has 0 aliphatic heterocycles. The summed E-state index contributed by atoms with van der Waals surface area (Å²) in [4.78, 5) is 27.7. The Kier molecular flexibility index (Phi) is 5.78. The molecule has 0 aliphatic rings. The summed E-state index contributed by atoms with van der Waals surface area (Å²) < 4.78 is 7.11. The zero-order chi connectivity index (χ0) is 19.1. The molecule has 3 rings (SSSR count). The molecule has 0 unspecified atom stereocenters. The largest absolute Gasteiger partial charge is 0.492 e. The maximum absolute atomic E-state index is 11.9. The molecule has 0 saturated carbocycles. The third-order valence-corrected chi connectivity index (χ3v) is 3.66. The second-order valence-electron chi connectivity index (χ2n) is 5.76. The van der Waals surface area contributed by atoms with Crippen molar-refractivity contribution in [2.75, 3.05) is 18.5 Å². The molecule has 0 atom stereocenters. The summed E-state index contributed by atoms with van der Waals surface area (Å²) in [6, 6.07) is 14.5. The van der Waals surface area contributed by atoms with Crippen LogP contribution in [0.3, 0.4) is 0 Å². The molecule has 0 bridgehead atoms. The van der Waals surface area contributed by atoms with Gasteiger partial charge in [0.15, 0.2) is 0 Å². The van der Waals surface area contributed by atoms with Gasteiger partial charge in [0.25, 0.3) is 0 Å². The second kappa shape index (κ2) is 8.61. The number of amides is 2. The average molecular weight is 365 g/mol. The van der Waals surface area contributed by atoms with Crippen molar-refractivity contribution in [1.82, 2.24) is 20.1 Å². The lowest BCUT2D eigenvalue weighted by Crippen LogP contribution is -2.37. The maximum Gasteiger partial charge on any atom is 0.313 e. The number of hydrogen-bond acceptors (Lipinski definition) is 5. The molecular weight excluding hydrogens is 346 g/mol. The second-order valence-corrected chi connectivity index (χ2v) is 5.76. The van der Waals surface area contributed by atoms with Crippen LogP contribution in [0.25, 0.3) is 5.69 Å². The lowest BCUT2D eigenvalue weighted by Gasteiger charge is -2.09. The third-order valence-electron chi connectivity index (χ3n) is 3.66. The van der Waals surface area contributed by atoms with E-state index in [9.17, 15) is 9.59 Å². The van der Waals surface area contributed by atoms with E-state index in [-0.39, 0.29) is 13.2 Å². The van der Waals surface area contributed by atoms with Crippen molar-refractivity contribution in [2.45, 2.75) is 6.92 Å². The molecule has 0 aliphatic carbocycles. The van der Waals surface area contributed by atoms with E-state index in [1.807, 2.05) is 31.2 Å². The van der Waals surface area contributed by atoms with Crippen LogP contribution in [0.5, 0.6) is 5.75 Å². The smallest absolute Gasteiger partial charge is 0.313 e. The summed E-state index contributed by atoms with van der Waals surface area (Å²) in [7, 11) is 0. The van der Waals surface area contributed by atoms with Crippen LogP contribution in [-0.4, -0.2) is 39.7 Å². The minimum absolute atomic E-state index is 0.228. The molecule has 2 aromatic carbocycles. The predicted molar refractivity (Wildman–Crippen MR) is 99.7 cm³/mol. The van der Waals surface area contributed by atoms with Crippen molar-refractivity contribution in [3.8, 4) is 11.4 Å². The van der Waals surface area contributed by atoms with Crippen molar-refractivity contribution in [2.24, 2.45) is 0 Å². The highest BCUT2D eigenvalue weighted by Crippen LogP contribution is 2.12. The van der Waals surface area contributed by atoms with E-state index in [0.29, 0.717) is 5.69 Å². The molecule has 2 amide bonds. The van der Waals surface area contributed by atoms with Crippen molar-refractivity contribution >= 4 is 17.5 Å². The van der Waals surface area contributed by atoms with Gasteiger partial charge in [-0.3, -0.25) is 9.59 Å². The highest BCUT2D eigenvalue weighted by atomic mass is 16.5. The molecule has 0 fully saturated rings. The van der Waals surface area contributed by atoms with E-state index in [0.717, 1.165) is 17.0 Å². The number of carbonyl (C=O) groups is 2. The number of anilines is 1. The number of carbonyl (C=O) groups excluding carboxylic acids is 2. The van der Waals surface area contributed by atoms with Crippen LogP contribution in [-0.2, 0) is 9.59 Å². The van der Waals surface area contributed by atoms with Gasteiger partial charge in [0, 0.05) is 5.69 Å². The molecule has 8 heteroatoms. The zero-order valence-corrected chi connectivity index (χ0v) is 14.8. The van der Waals surface area contributed by atoms with Crippen LogP contribution < -0.4 is 15.4 Å². The molecule has 8 nitrogen and oxygen atoms in total. The highest BCUT2D eigenvalue weighted by Gasteiger charge is 2.13. The van der Waals surface area contributed by atoms with Crippen molar-refractivity contribution in [3.05, 3.63) is 66.7 Å². The number of benzene rings is 2. The summed E-state index contributed by atoms with van der Waals surface area (Å²) in [5.41, 5.74) is 2.39. The summed E-state index contributed by atoms with van der Waals surface area (Å²) in [6.07, 6.45) is 3.00. The first kappa shape index (κ1) is 18.1. The Morgan fingerprint density at radius 2 is 1.93 bits per heavy atom. The fourth-order valence-electron chi connectivity index (χ4n) is 2.35. The number of rotatable bonds is 6. The number of ether oxygens (including phenoxy) is 1. The molecule has 27 heavy (non-hydrogen) atoms. The molecule has 0 saturated heterocycles. The average Bonchev–Trinajstić information content (AvgIpc) is 3.20. The van der Waals surface area contributed by atoms with Gasteiger partial charge in [0.05, 0.1) is 12.2 Å². The molecular formula is C19H19N5O3. The molecule has 3 aromatic rings. The Morgan fingerprint density at radius 1 is 1.11 bits per heavy atom. The number of aromatic nitrogens is 3. The lowest BCUT2D eigenvalue weighted by molar-refractivity contribution is -0.136. The first-order valence-corrected chi connectivity index (χ1v) is 8.35. The van der Waals surface area contributed by atoms with Gasteiger partial charge in [-0.2, -0.15) is 5.10 Å². The van der Waals surface area contributed by atoms with Gasteiger partial charge < -0.3 is 15.4 Å². The van der Waals surface area contributed by atoms with Gasteiger partial charge in [0.2, 0.25) is 0 Å². The van der Waals surface area contributed by atoms with Crippen molar-refractivity contribution < 1.29 is 14.3 Å². The van der Waals surface area contributed by atoms with E-state index in [1.165, 1.54) is 6.33 Å². The quantitative estimate of drug-likeness (QED) is 0.512. The first-order chi connectivity index (χ1) is 13.1. The van der Waals surface area contributed by atoms with Crippen LogP contribution in [0.2, 0.25) is 0 Å². The predicted octanol–water partition coefficient (Wildman–Crippen LogP) is 1.71. The molecule has 2 N–H and O–H groups in total. The standard InChI is InChI=1S/C19H19N5O3/c1-14-3-2-4-17(11-14)27-10-9-21-18(25)19(26)23-15-5-7-16(8-6-15)24-13-20-12-22-24/h2-8,11-13H,9-10H2,1H3,(H,21,25)(H,23,26). The summed E-state index contributed by atoms with van der Waals surface area (Å²) in [6.45, 7) is 2.47. The van der Waals surface area contributed by atoms with Crippen LogP contribution in [0.4, 0.5) is 5.69 Å². The Hall–Kier alpha value is -3.68. The normalized spacial score (nSPS) is 10.3. The Bertz CT molecular complexity index is 907. The summed E-state index contributed by atoms with van der Waals surface area (Å²) >= 11 is 0. The zero-order valence-electron chi connectivity index (χ0n) is 14.8. The SMILES string of the molecule is Cc1cccc(OCCNC(=O)C(=O)Nc2ccc(-n3cncn3)cc2)c1. The minimum atomic E-state index is -0.737. The third kappa shape index (κ3) is 5.15. The van der Waals surface area contributed by atoms with Crippen LogP contribution in [0.15, 0.2) is 61.2 Å². The first-order valence-electron chi connectivity index (χ1n) is 8.35. The Morgan fingerprint density at radius 3 is 2.63 bits per heavy atom. The van der Waals surface area contributed by atoms with E-state index in [2.05, 4.69) is 20.7 Å². The van der Waals surface area contributed by atoms with Gasteiger partial charge in [-0.05, 0) is 48.9 Å². The topological polar surface area (TPSA) is 98.1 Å². The van der Waals surface area contributed by atoms with Crippen molar-refractivity contribution in [3.63, 3.8) is 0 Å². The van der Waals surface area contributed by atoms with Gasteiger partial charge in [-0.15, -0.1) is 0 Å². The van der Waals surface area contributed by atoms with Crippen LogP contribution >= 0.6 is 0 Å². The number of hydrogen-bond donors (Lipinski definition) is 2. The molecule has 1 heterocycles. The Balaban J connectivity index is 1.43. The number of nitrogens with zero attached hydrogens (tertiary/aromatic N) is 3. The fraction of sp³-hybridized carbons (Fsp3) is 0.158. The van der Waals surface area contributed by atoms with Gasteiger partial charge >= 0.3 is 11.8 Å². The van der Waals surface area contributed by atoms with Crippen molar-refractivity contribution in [1.29, 1.82) is 0 Å². The summed E-state index contributed by atoms with van der Waals surface area (Å²) in [5, 5.41) is 9.08. The molecule has 138 valence electrons. The van der Waals surface area contributed by atoms with E-state index >= 15 is 0 Å². The summed E-state index contributed by atoms with van der Waals surface area (Å²) in [5.74, 6) is -0.733. The fourth-order valence-corrected chi connectivity index (χ4v) is 2.35. The van der Waals surface area contributed by atoms with Gasteiger partial charge in [-0.25, -0.2) is 9.67 Å². The number of nitrogens with one attached hydrogen (secondary N) is 2. The monoisotopic (exact) mass is 365 g/mol. The van der Waals surface area contributed by atoms with Gasteiger partial charge in [0.1, 0.15) is 25.0 Å². The van der Waals surface area contributed by atoms with E-state index in [1.54, 1.807) is 35.3 Å². The van der Waals surface area contributed by atoms with Crippen LogP contribution in [0, 0.1) is 6.92 Å². The molecule has 0 spiro atoms. The van der Waals surface area contributed by atoms with Gasteiger partial charge in [-0.1, -0.05) is 12.1 Å². The Labute approximate surface area is 156 Å². The maximum atomic E-state index is 11.9. The molecule has 0 radical (unpaired) electrons. The minimum Gasteiger partial charge on any atom is -0.492 e. The lowest BCUT2D eigenvalue weighted by atomic mass is 10.2.